The average molecular weight is 298 g/mol. The van der Waals surface area contributed by atoms with Crippen LogP contribution < -0.4 is 5.32 Å². The second-order valence-corrected chi connectivity index (χ2v) is 5.51. The zero-order valence-corrected chi connectivity index (χ0v) is 13.0. The van der Waals surface area contributed by atoms with Crippen molar-refractivity contribution >= 4 is 22.8 Å². The predicted molar refractivity (Wildman–Crippen MR) is 85.9 cm³/mol. The van der Waals surface area contributed by atoms with Crippen molar-refractivity contribution in [3.05, 3.63) is 29.5 Å². The van der Waals surface area contributed by atoms with Gasteiger partial charge < -0.3 is 15.2 Å². The molecule has 0 bridgehead atoms. The molecule has 0 radical (unpaired) electrons. The van der Waals surface area contributed by atoms with Crippen LogP contribution in [0.25, 0.3) is 22.6 Å². The van der Waals surface area contributed by atoms with E-state index in [0.717, 1.165) is 11.0 Å². The van der Waals surface area contributed by atoms with Crippen molar-refractivity contribution in [2.24, 2.45) is 0 Å². The minimum absolute atomic E-state index is 0.217. The Labute approximate surface area is 127 Å². The van der Waals surface area contributed by atoms with Crippen LogP contribution in [0.4, 0.5) is 10.5 Å². The second kappa shape index (κ2) is 5.18. The van der Waals surface area contributed by atoms with E-state index in [1.54, 1.807) is 20.3 Å². The molecule has 0 saturated carbocycles. The summed E-state index contributed by atoms with van der Waals surface area (Å²) in [5.41, 5.74) is 5.39. The number of urea groups is 1. The number of carbonyl (C=O) groups excluding carboxylic acids is 1. The summed E-state index contributed by atoms with van der Waals surface area (Å²) in [5, 5.41) is 9.74. The molecule has 3 aromatic rings. The maximum Gasteiger partial charge on any atom is 0.321 e. The SMILES string of the molecule is Cc1cc2nc(-c3n[nH]cc3NC(=O)N(C)C)[nH]c2cc1C. The maximum absolute atomic E-state index is 11.8. The number of nitrogens with one attached hydrogen (secondary N) is 3. The van der Waals surface area contributed by atoms with Gasteiger partial charge in [0.05, 0.1) is 16.7 Å². The number of aryl methyl sites for hydroxylation is 2. The molecule has 0 unspecified atom stereocenters. The Balaban J connectivity index is 2.01. The molecule has 1 aromatic carbocycles. The standard InChI is InChI=1S/C15H18N6O/c1-8-5-10-11(6-9(8)2)18-14(17-10)13-12(7-16-20-13)19-15(22)21(3)4/h5-7H,1-4H3,(H,16,20)(H,17,18)(H,19,22). The van der Waals surface area contributed by atoms with Crippen molar-refractivity contribution in [1.29, 1.82) is 0 Å². The molecule has 0 aliphatic rings. The van der Waals surface area contributed by atoms with Gasteiger partial charge in [0.2, 0.25) is 0 Å². The van der Waals surface area contributed by atoms with Crippen LogP contribution in [0.3, 0.4) is 0 Å². The highest BCUT2D eigenvalue weighted by molar-refractivity contribution is 5.93. The normalized spacial score (nSPS) is 10.9. The minimum Gasteiger partial charge on any atom is -0.337 e. The van der Waals surface area contributed by atoms with E-state index < -0.39 is 0 Å². The Morgan fingerprint density at radius 1 is 1.23 bits per heavy atom. The summed E-state index contributed by atoms with van der Waals surface area (Å²) < 4.78 is 0. The summed E-state index contributed by atoms with van der Waals surface area (Å²) in [6.07, 6.45) is 1.64. The van der Waals surface area contributed by atoms with Gasteiger partial charge in [0.15, 0.2) is 11.5 Å². The molecule has 0 atom stereocenters. The van der Waals surface area contributed by atoms with Crippen molar-refractivity contribution in [2.45, 2.75) is 13.8 Å². The van der Waals surface area contributed by atoms with E-state index in [-0.39, 0.29) is 6.03 Å². The lowest BCUT2D eigenvalue weighted by Crippen LogP contribution is -2.27. The number of rotatable bonds is 2. The van der Waals surface area contributed by atoms with Crippen LogP contribution in [-0.2, 0) is 0 Å². The first-order chi connectivity index (χ1) is 10.5. The summed E-state index contributed by atoms with van der Waals surface area (Å²) >= 11 is 0. The van der Waals surface area contributed by atoms with Gasteiger partial charge in [-0.05, 0) is 37.1 Å². The minimum atomic E-state index is -0.217. The molecule has 3 N–H and O–H groups in total. The highest BCUT2D eigenvalue weighted by Gasteiger charge is 2.16. The largest absolute Gasteiger partial charge is 0.337 e. The third-order valence-electron chi connectivity index (χ3n) is 3.61. The monoisotopic (exact) mass is 298 g/mol. The number of benzene rings is 1. The van der Waals surface area contributed by atoms with E-state index in [1.807, 2.05) is 6.07 Å². The van der Waals surface area contributed by atoms with Gasteiger partial charge in [-0.25, -0.2) is 9.78 Å². The first kappa shape index (κ1) is 14.1. The Bertz CT molecular complexity index is 806. The number of nitrogens with zero attached hydrogens (tertiary/aromatic N) is 3. The molecule has 0 saturated heterocycles. The Morgan fingerprint density at radius 2 is 1.95 bits per heavy atom. The molecule has 2 heterocycles. The Kier molecular flexibility index (Phi) is 3.32. The molecule has 2 amide bonds. The van der Waals surface area contributed by atoms with Gasteiger partial charge in [-0.1, -0.05) is 0 Å². The van der Waals surface area contributed by atoms with Crippen LogP contribution in [0.2, 0.25) is 0 Å². The van der Waals surface area contributed by atoms with Crippen LogP contribution in [0.15, 0.2) is 18.3 Å². The highest BCUT2D eigenvalue weighted by Crippen LogP contribution is 2.26. The van der Waals surface area contributed by atoms with Crippen molar-refractivity contribution in [2.75, 3.05) is 19.4 Å². The summed E-state index contributed by atoms with van der Waals surface area (Å²) in [5.74, 6) is 0.621. The van der Waals surface area contributed by atoms with Gasteiger partial charge >= 0.3 is 6.03 Å². The van der Waals surface area contributed by atoms with Gasteiger partial charge in [-0.2, -0.15) is 5.10 Å². The van der Waals surface area contributed by atoms with E-state index in [9.17, 15) is 4.79 Å². The fourth-order valence-corrected chi connectivity index (χ4v) is 2.17. The summed E-state index contributed by atoms with van der Waals surface area (Å²) in [4.78, 5) is 21.1. The first-order valence-electron chi connectivity index (χ1n) is 6.95. The number of hydrogen-bond donors (Lipinski definition) is 3. The number of fused-ring (bicyclic) bond motifs is 1. The number of amides is 2. The topological polar surface area (TPSA) is 89.7 Å². The van der Waals surface area contributed by atoms with Crippen LogP contribution >= 0.6 is 0 Å². The number of anilines is 1. The van der Waals surface area contributed by atoms with Gasteiger partial charge in [0.25, 0.3) is 0 Å². The fourth-order valence-electron chi connectivity index (χ4n) is 2.17. The molecule has 3 rings (SSSR count). The van der Waals surface area contributed by atoms with E-state index in [1.165, 1.54) is 16.0 Å². The zero-order chi connectivity index (χ0) is 15.9. The smallest absolute Gasteiger partial charge is 0.321 e. The number of H-pyrrole nitrogens is 2. The lowest BCUT2D eigenvalue weighted by molar-refractivity contribution is 0.230. The summed E-state index contributed by atoms with van der Waals surface area (Å²) in [6.45, 7) is 4.12. The number of carbonyl (C=O) groups is 1. The highest BCUT2D eigenvalue weighted by atomic mass is 16.2. The van der Waals surface area contributed by atoms with E-state index >= 15 is 0 Å². The van der Waals surface area contributed by atoms with Crippen molar-refractivity contribution in [1.82, 2.24) is 25.1 Å². The Hall–Kier alpha value is -2.83. The summed E-state index contributed by atoms with van der Waals surface area (Å²) in [7, 11) is 3.36. The molecule has 2 aromatic heterocycles. The molecule has 114 valence electrons. The van der Waals surface area contributed by atoms with Gasteiger partial charge in [0, 0.05) is 20.3 Å². The number of imidazole rings is 1. The average Bonchev–Trinajstić information content (AvgIpc) is 3.05. The van der Waals surface area contributed by atoms with Crippen molar-refractivity contribution in [3.8, 4) is 11.5 Å². The lowest BCUT2D eigenvalue weighted by Gasteiger charge is -2.10. The van der Waals surface area contributed by atoms with Crippen molar-refractivity contribution in [3.63, 3.8) is 0 Å². The molecule has 0 aliphatic carbocycles. The van der Waals surface area contributed by atoms with Crippen LogP contribution in [0.1, 0.15) is 11.1 Å². The van der Waals surface area contributed by atoms with Crippen LogP contribution in [-0.4, -0.2) is 45.2 Å². The fraction of sp³-hybridized carbons (Fsp3) is 0.267. The molecule has 0 fully saturated rings. The molecule has 22 heavy (non-hydrogen) atoms. The van der Waals surface area contributed by atoms with E-state index in [0.29, 0.717) is 17.2 Å². The second-order valence-electron chi connectivity index (χ2n) is 5.51. The first-order valence-corrected chi connectivity index (χ1v) is 6.95. The number of aromatic amines is 2. The van der Waals surface area contributed by atoms with Gasteiger partial charge in [-0.3, -0.25) is 5.10 Å². The van der Waals surface area contributed by atoms with Gasteiger partial charge in [-0.15, -0.1) is 0 Å². The lowest BCUT2D eigenvalue weighted by atomic mass is 10.1. The molecule has 7 heteroatoms. The predicted octanol–water partition coefficient (Wildman–Crippen LogP) is 2.66. The maximum atomic E-state index is 11.8. The Morgan fingerprint density at radius 3 is 2.68 bits per heavy atom. The zero-order valence-electron chi connectivity index (χ0n) is 13.0. The number of hydrogen-bond acceptors (Lipinski definition) is 3. The molecule has 0 spiro atoms. The van der Waals surface area contributed by atoms with E-state index in [4.69, 9.17) is 0 Å². The third kappa shape index (κ3) is 2.41. The van der Waals surface area contributed by atoms with Crippen LogP contribution in [0.5, 0.6) is 0 Å². The van der Waals surface area contributed by atoms with Crippen LogP contribution in [0, 0.1) is 13.8 Å². The third-order valence-corrected chi connectivity index (χ3v) is 3.61. The number of aromatic nitrogens is 4. The van der Waals surface area contributed by atoms with E-state index in [2.05, 4.69) is 45.4 Å². The molecular weight excluding hydrogens is 280 g/mol. The van der Waals surface area contributed by atoms with Gasteiger partial charge in [0.1, 0.15) is 0 Å². The quantitative estimate of drug-likeness (QED) is 0.679. The molecular formula is C15H18N6O. The molecule has 0 aliphatic heterocycles. The summed E-state index contributed by atoms with van der Waals surface area (Å²) in [6, 6.07) is 3.88. The molecule has 7 nitrogen and oxygen atoms in total. The van der Waals surface area contributed by atoms with Crippen molar-refractivity contribution < 1.29 is 4.79 Å².